The average molecular weight is 546 g/mol. The van der Waals surface area contributed by atoms with E-state index < -0.39 is 12.1 Å². The molecule has 0 spiro atoms. The number of aromatic nitrogens is 5. The molecular formula is C26H29ClFN5O5. The van der Waals surface area contributed by atoms with Crippen molar-refractivity contribution in [2.75, 3.05) is 14.2 Å². The van der Waals surface area contributed by atoms with Crippen molar-refractivity contribution in [3.8, 4) is 5.69 Å². The predicted octanol–water partition coefficient (Wildman–Crippen LogP) is 4.96. The van der Waals surface area contributed by atoms with E-state index >= 15 is 0 Å². The molecule has 1 atom stereocenters. The van der Waals surface area contributed by atoms with Gasteiger partial charge in [0, 0.05) is 35.4 Å². The number of hydrogen-bond donors (Lipinski definition) is 1. The standard InChI is InChI=1S/C21H21ClFNO3.C5H8N4O2/c1-14(25-2)20(26-3)9-7-16(23)12-21-18-11-15(22)6-8-19(18)24-10-4-5-17(24)13-27-21;1-2-9-4(3-5(10)11)6-7-8-9/h4-11,21H,1,12-13H2,2-3H3;2-3H2,1H3,(H,10,11)/b16-7+,20-9+;/t21-;/m1./s1. The lowest BCUT2D eigenvalue weighted by Gasteiger charge is -2.17. The Balaban J connectivity index is 0.000000304. The number of nitrogens with zero attached hydrogens (tertiary/aromatic N) is 5. The number of allylic oxidation sites excluding steroid dienone is 2. The van der Waals surface area contributed by atoms with E-state index in [2.05, 4.69) is 22.1 Å². The lowest BCUT2D eigenvalue weighted by atomic mass is 10.0. The third-order valence-electron chi connectivity index (χ3n) is 5.61. The first kappa shape index (κ1) is 28.6. The Labute approximate surface area is 224 Å². The zero-order valence-electron chi connectivity index (χ0n) is 21.3. The van der Waals surface area contributed by atoms with Crippen LogP contribution in [0.15, 0.2) is 72.6 Å². The van der Waals surface area contributed by atoms with E-state index in [4.69, 9.17) is 30.9 Å². The van der Waals surface area contributed by atoms with Gasteiger partial charge in [0.15, 0.2) is 17.3 Å². The van der Waals surface area contributed by atoms with Gasteiger partial charge in [0.05, 0.1) is 32.6 Å². The first-order chi connectivity index (χ1) is 18.3. The van der Waals surface area contributed by atoms with Crippen molar-refractivity contribution < 1.29 is 28.5 Å². The molecule has 0 unspecified atom stereocenters. The highest BCUT2D eigenvalue weighted by Gasteiger charge is 2.24. The van der Waals surface area contributed by atoms with E-state index in [0.29, 0.717) is 35.5 Å². The fourth-order valence-electron chi connectivity index (χ4n) is 3.73. The van der Waals surface area contributed by atoms with Gasteiger partial charge in [-0.15, -0.1) is 5.10 Å². The van der Waals surface area contributed by atoms with Crippen LogP contribution in [-0.4, -0.2) is 50.1 Å². The van der Waals surface area contributed by atoms with Gasteiger partial charge in [-0.2, -0.15) is 0 Å². The maximum Gasteiger partial charge on any atom is 0.311 e. The molecule has 0 saturated carbocycles. The molecule has 38 heavy (non-hydrogen) atoms. The van der Waals surface area contributed by atoms with Crippen LogP contribution in [0.3, 0.4) is 0 Å². The third kappa shape index (κ3) is 7.30. The van der Waals surface area contributed by atoms with E-state index in [1.165, 1.54) is 31.1 Å². The molecule has 3 aromatic rings. The second kappa shape index (κ2) is 13.5. The summed E-state index contributed by atoms with van der Waals surface area (Å²) in [7, 11) is 2.95. The van der Waals surface area contributed by atoms with Crippen LogP contribution in [-0.2, 0) is 38.6 Å². The number of carbonyl (C=O) groups is 1. The van der Waals surface area contributed by atoms with E-state index in [9.17, 15) is 9.18 Å². The normalized spacial score (nSPS) is 14.9. The van der Waals surface area contributed by atoms with Gasteiger partial charge >= 0.3 is 5.97 Å². The molecule has 1 aliphatic heterocycles. The van der Waals surface area contributed by atoms with E-state index in [-0.39, 0.29) is 18.7 Å². The topological polar surface area (TPSA) is 114 Å². The Bertz CT molecular complexity index is 1330. The summed E-state index contributed by atoms with van der Waals surface area (Å²) in [4.78, 5) is 10.2. The minimum Gasteiger partial charge on any atom is -0.494 e. The first-order valence-corrected chi connectivity index (χ1v) is 12.0. The Morgan fingerprint density at radius 1 is 1.32 bits per heavy atom. The van der Waals surface area contributed by atoms with Gasteiger partial charge in [0.1, 0.15) is 12.2 Å². The van der Waals surface area contributed by atoms with Gasteiger partial charge in [0.25, 0.3) is 0 Å². The summed E-state index contributed by atoms with van der Waals surface area (Å²) < 4.78 is 34.2. The maximum absolute atomic E-state index is 14.6. The largest absolute Gasteiger partial charge is 0.494 e. The smallest absolute Gasteiger partial charge is 0.311 e. The maximum atomic E-state index is 14.6. The molecule has 0 bridgehead atoms. The SMILES string of the molecule is C=C(OC)/C(=C\C=C(\F)C[C@H]1OCc2cccn2-c2ccc(Cl)cc21)OC.CCn1nnnc1CC(=O)O. The number of rotatable bonds is 9. The highest BCUT2D eigenvalue weighted by atomic mass is 35.5. The summed E-state index contributed by atoms with van der Waals surface area (Å²) in [6, 6.07) is 9.51. The van der Waals surface area contributed by atoms with Crippen LogP contribution in [0.1, 0.15) is 36.5 Å². The van der Waals surface area contributed by atoms with E-state index in [1.54, 1.807) is 0 Å². The molecule has 4 rings (SSSR count). The Morgan fingerprint density at radius 3 is 2.79 bits per heavy atom. The molecule has 1 N–H and O–H groups in total. The van der Waals surface area contributed by atoms with Crippen LogP contribution < -0.4 is 0 Å². The van der Waals surface area contributed by atoms with Crippen LogP contribution in [0.2, 0.25) is 5.02 Å². The van der Waals surface area contributed by atoms with Gasteiger partial charge in [-0.3, -0.25) is 4.79 Å². The molecule has 0 aliphatic carbocycles. The molecular weight excluding hydrogens is 517 g/mol. The Kier molecular flexibility index (Phi) is 10.2. The fraction of sp³-hybridized carbons (Fsp3) is 0.308. The molecule has 12 heteroatoms. The predicted molar refractivity (Wildman–Crippen MR) is 138 cm³/mol. The van der Waals surface area contributed by atoms with Gasteiger partial charge in [0.2, 0.25) is 0 Å². The van der Waals surface area contributed by atoms with Gasteiger partial charge in [-0.1, -0.05) is 18.2 Å². The van der Waals surface area contributed by atoms with E-state index in [0.717, 1.165) is 16.9 Å². The number of halogens is 2. The number of ether oxygens (including phenoxy) is 3. The molecule has 10 nitrogen and oxygen atoms in total. The molecule has 0 amide bonds. The fourth-order valence-corrected chi connectivity index (χ4v) is 3.91. The zero-order chi connectivity index (χ0) is 27.7. The lowest BCUT2D eigenvalue weighted by molar-refractivity contribution is -0.136. The molecule has 202 valence electrons. The number of hydrogen-bond acceptors (Lipinski definition) is 7. The number of aryl methyl sites for hydroxylation is 1. The van der Waals surface area contributed by atoms with Gasteiger partial charge in [-0.05, 0) is 59.8 Å². The Hall–Kier alpha value is -3.96. The minimum atomic E-state index is -0.922. The molecule has 0 fully saturated rings. The molecule has 0 radical (unpaired) electrons. The molecule has 1 aliphatic rings. The molecule has 1 aromatic carbocycles. The van der Waals surface area contributed by atoms with Crippen molar-refractivity contribution >= 4 is 17.6 Å². The third-order valence-corrected chi connectivity index (χ3v) is 5.85. The monoisotopic (exact) mass is 545 g/mol. The zero-order valence-corrected chi connectivity index (χ0v) is 22.1. The number of methoxy groups -OCH3 is 2. The van der Waals surface area contributed by atoms with Crippen LogP contribution in [0.4, 0.5) is 4.39 Å². The summed E-state index contributed by atoms with van der Waals surface area (Å²) in [5, 5.41) is 19.5. The van der Waals surface area contributed by atoms with Crippen LogP contribution >= 0.6 is 11.6 Å². The summed E-state index contributed by atoms with van der Waals surface area (Å²) in [5.41, 5.74) is 2.79. The van der Waals surface area contributed by atoms with Crippen LogP contribution in [0.25, 0.3) is 5.69 Å². The number of carboxylic acids is 1. The lowest BCUT2D eigenvalue weighted by Crippen LogP contribution is -2.09. The van der Waals surface area contributed by atoms with Crippen molar-refractivity contribution in [2.45, 2.75) is 39.0 Å². The quantitative estimate of drug-likeness (QED) is 0.296. The van der Waals surface area contributed by atoms with Crippen molar-refractivity contribution in [1.29, 1.82) is 0 Å². The van der Waals surface area contributed by atoms with Crippen molar-refractivity contribution in [3.05, 3.63) is 94.7 Å². The highest BCUT2D eigenvalue weighted by Crippen LogP contribution is 2.36. The summed E-state index contributed by atoms with van der Waals surface area (Å²) in [6.45, 7) is 6.53. The van der Waals surface area contributed by atoms with Gasteiger partial charge in [-0.25, -0.2) is 9.07 Å². The number of fused-ring (bicyclic) bond motifs is 3. The molecule has 2 aromatic heterocycles. The van der Waals surface area contributed by atoms with Crippen molar-refractivity contribution in [1.82, 2.24) is 24.8 Å². The number of tetrazole rings is 1. The Morgan fingerprint density at radius 2 is 2.11 bits per heavy atom. The van der Waals surface area contributed by atoms with E-state index in [1.807, 2.05) is 48.0 Å². The second-order valence-electron chi connectivity index (χ2n) is 8.03. The second-order valence-corrected chi connectivity index (χ2v) is 8.47. The summed E-state index contributed by atoms with van der Waals surface area (Å²) in [6.07, 6.45) is 4.28. The van der Waals surface area contributed by atoms with Crippen molar-refractivity contribution in [3.63, 3.8) is 0 Å². The summed E-state index contributed by atoms with van der Waals surface area (Å²) in [5.74, 6) is -0.206. The number of carboxylic acid groups (broad SMARTS) is 1. The average Bonchev–Trinajstić information content (AvgIpc) is 3.53. The molecule has 3 heterocycles. The summed E-state index contributed by atoms with van der Waals surface area (Å²) >= 11 is 6.18. The van der Waals surface area contributed by atoms with Crippen molar-refractivity contribution in [2.24, 2.45) is 0 Å². The van der Waals surface area contributed by atoms with Gasteiger partial charge < -0.3 is 23.9 Å². The number of aliphatic carboxylic acids is 1. The number of benzene rings is 1. The molecule has 0 saturated heterocycles. The first-order valence-electron chi connectivity index (χ1n) is 11.6. The highest BCUT2D eigenvalue weighted by molar-refractivity contribution is 6.30. The minimum absolute atomic E-state index is 0.0745. The van der Waals surface area contributed by atoms with Crippen LogP contribution in [0, 0.1) is 0 Å². The van der Waals surface area contributed by atoms with Crippen LogP contribution in [0.5, 0.6) is 0 Å².